The summed E-state index contributed by atoms with van der Waals surface area (Å²) in [4.78, 5) is 0. The van der Waals surface area contributed by atoms with Gasteiger partial charge in [-0.15, -0.1) is 0 Å². The lowest BCUT2D eigenvalue weighted by molar-refractivity contribution is -0.777. The first-order valence-corrected chi connectivity index (χ1v) is 5.70. The van der Waals surface area contributed by atoms with Gasteiger partial charge in [-0.2, -0.15) is 30.7 Å². The summed E-state index contributed by atoms with van der Waals surface area (Å²) in [6.07, 6.45) is -11.4. The monoisotopic (exact) mass is 299 g/mol. The Balaban J connectivity index is 2.73. The van der Waals surface area contributed by atoms with Gasteiger partial charge in [-0.3, -0.25) is 5.04 Å². The summed E-state index contributed by atoms with van der Waals surface area (Å²) in [5.74, 6) is -4.10. The summed E-state index contributed by atoms with van der Waals surface area (Å²) in [5, 5.41) is 11.4. The molecule has 0 bridgehead atoms. The fourth-order valence-electron chi connectivity index (χ4n) is 1.95. The van der Waals surface area contributed by atoms with Crippen molar-refractivity contribution >= 4 is 12.0 Å². The highest BCUT2D eigenvalue weighted by Crippen LogP contribution is 2.48. The Morgan fingerprint density at radius 1 is 0.889 bits per heavy atom. The van der Waals surface area contributed by atoms with E-state index in [1.165, 1.54) is 0 Å². The normalized spacial score (nSPS) is 30.5. The third-order valence-electron chi connectivity index (χ3n) is 2.79. The lowest BCUT2D eigenvalue weighted by Gasteiger charge is -2.35. The lowest BCUT2D eigenvalue weighted by Crippen LogP contribution is -2.39. The number of hydrogen-bond donors (Lipinski definition) is 0. The third kappa shape index (κ3) is 4.48. The van der Waals surface area contributed by atoms with Gasteiger partial charge in [-0.1, -0.05) is 0 Å². The van der Waals surface area contributed by atoms with Gasteiger partial charge in [0, 0.05) is 17.3 Å². The Kier molecular flexibility index (Phi) is 5.15. The molecule has 0 N–H and O–H groups in total. The van der Waals surface area contributed by atoms with Crippen LogP contribution < -0.4 is 5.26 Å². The van der Waals surface area contributed by atoms with Gasteiger partial charge in [-0.25, -0.2) is 0 Å². The van der Waals surface area contributed by atoms with Crippen LogP contribution in [0.1, 0.15) is 19.3 Å². The standard InChI is InChI=1S/C8H10F6O3S/c9-7(10,11)4-1-5(8(12,13)14)3-6(2-4)18-17-16-15/h4-6,15H,1-3H2/p-1. The maximum Gasteiger partial charge on any atom is 0.391 e. The van der Waals surface area contributed by atoms with Crippen LogP contribution in [0, 0.1) is 11.8 Å². The van der Waals surface area contributed by atoms with E-state index in [-0.39, 0.29) is 12.0 Å². The van der Waals surface area contributed by atoms with Gasteiger partial charge in [0.15, 0.2) is 0 Å². The average molecular weight is 299 g/mol. The largest absolute Gasteiger partial charge is 0.691 e. The number of hydrogen-bond acceptors (Lipinski definition) is 4. The molecule has 1 saturated carbocycles. The minimum absolute atomic E-state index is 0.202. The topological polar surface area (TPSA) is 41.5 Å². The third-order valence-corrected chi connectivity index (χ3v) is 3.58. The zero-order valence-electron chi connectivity index (χ0n) is 8.75. The molecule has 108 valence electrons. The van der Waals surface area contributed by atoms with Gasteiger partial charge in [0.05, 0.1) is 11.8 Å². The average Bonchev–Trinajstić information content (AvgIpc) is 2.23. The Labute approximate surface area is 102 Å². The van der Waals surface area contributed by atoms with Gasteiger partial charge < -0.3 is 5.26 Å². The van der Waals surface area contributed by atoms with Gasteiger partial charge in [-0.05, 0) is 19.3 Å². The van der Waals surface area contributed by atoms with Crippen molar-refractivity contribution in [1.82, 2.24) is 0 Å². The van der Waals surface area contributed by atoms with E-state index in [1.54, 1.807) is 0 Å². The van der Waals surface area contributed by atoms with E-state index in [0.29, 0.717) is 0 Å². The molecule has 2 unspecified atom stereocenters. The molecule has 0 spiro atoms. The van der Waals surface area contributed by atoms with Crippen molar-refractivity contribution in [2.24, 2.45) is 11.8 Å². The molecule has 3 nitrogen and oxygen atoms in total. The first-order chi connectivity index (χ1) is 8.14. The van der Waals surface area contributed by atoms with E-state index in [1.807, 2.05) is 0 Å². The highest BCUT2D eigenvalue weighted by atomic mass is 32.2. The zero-order valence-corrected chi connectivity index (χ0v) is 9.57. The molecule has 1 fully saturated rings. The van der Waals surface area contributed by atoms with Crippen LogP contribution in [-0.2, 0) is 9.37 Å². The predicted molar refractivity (Wildman–Crippen MR) is 46.5 cm³/mol. The Hall–Kier alpha value is -0.190. The Bertz CT molecular complexity index is 247. The Morgan fingerprint density at radius 3 is 1.67 bits per heavy atom. The van der Waals surface area contributed by atoms with E-state index >= 15 is 0 Å². The molecule has 0 aromatic carbocycles. The molecule has 0 heterocycles. The van der Waals surface area contributed by atoms with E-state index in [0.717, 1.165) is 0 Å². The number of alkyl halides is 6. The second-order valence-electron chi connectivity index (χ2n) is 4.04. The molecule has 0 saturated heterocycles. The van der Waals surface area contributed by atoms with E-state index in [4.69, 9.17) is 0 Å². The first-order valence-electron chi connectivity index (χ1n) is 4.90. The lowest BCUT2D eigenvalue weighted by atomic mass is 9.80. The van der Waals surface area contributed by atoms with Gasteiger partial charge in [0.2, 0.25) is 0 Å². The first kappa shape index (κ1) is 15.9. The summed E-state index contributed by atoms with van der Waals surface area (Å²) >= 11 is 0.202. The molecule has 0 aliphatic heterocycles. The smallest absolute Gasteiger partial charge is 0.391 e. The van der Waals surface area contributed by atoms with Crippen LogP contribution in [0.2, 0.25) is 0 Å². The van der Waals surface area contributed by atoms with E-state index in [9.17, 15) is 31.6 Å². The second kappa shape index (κ2) is 5.85. The minimum Gasteiger partial charge on any atom is -0.691 e. The van der Waals surface area contributed by atoms with Gasteiger partial charge in [0.1, 0.15) is 0 Å². The van der Waals surface area contributed by atoms with E-state index < -0.39 is 48.7 Å². The van der Waals surface area contributed by atoms with Crippen molar-refractivity contribution in [2.45, 2.75) is 36.9 Å². The molecule has 10 heteroatoms. The SMILES string of the molecule is [O-]OOSC1CC(C(F)(F)F)CC(C(F)(F)F)C1. The quantitative estimate of drug-likeness (QED) is 0.348. The molecule has 0 amide bonds. The molecule has 18 heavy (non-hydrogen) atoms. The predicted octanol–water partition coefficient (Wildman–Crippen LogP) is 2.77. The van der Waals surface area contributed by atoms with Gasteiger partial charge in [0.25, 0.3) is 0 Å². The van der Waals surface area contributed by atoms with Crippen LogP contribution in [0.4, 0.5) is 26.3 Å². The van der Waals surface area contributed by atoms with Crippen molar-refractivity contribution in [3.05, 3.63) is 0 Å². The van der Waals surface area contributed by atoms with Crippen molar-refractivity contribution < 1.29 is 41.0 Å². The van der Waals surface area contributed by atoms with Crippen LogP contribution in [-0.4, -0.2) is 17.6 Å². The fourth-order valence-corrected chi connectivity index (χ4v) is 2.72. The van der Waals surface area contributed by atoms with Crippen LogP contribution in [0.25, 0.3) is 0 Å². The van der Waals surface area contributed by atoms with Crippen molar-refractivity contribution in [3.63, 3.8) is 0 Å². The molecule has 2 atom stereocenters. The minimum atomic E-state index is -4.69. The van der Waals surface area contributed by atoms with Crippen LogP contribution in [0.5, 0.6) is 0 Å². The fraction of sp³-hybridized carbons (Fsp3) is 1.00. The molecular formula is C8H9F6O3S-. The van der Waals surface area contributed by atoms with E-state index in [2.05, 4.69) is 9.37 Å². The summed E-state index contributed by atoms with van der Waals surface area (Å²) in [6.45, 7) is 0. The van der Waals surface area contributed by atoms with Crippen LogP contribution >= 0.6 is 12.0 Å². The zero-order chi connectivity index (χ0) is 14.0. The Morgan fingerprint density at radius 2 is 1.33 bits per heavy atom. The second-order valence-corrected chi connectivity index (χ2v) is 5.03. The molecule has 1 aliphatic carbocycles. The summed E-state index contributed by atoms with van der Waals surface area (Å²) in [6, 6.07) is 0. The maximum absolute atomic E-state index is 12.5. The highest BCUT2D eigenvalue weighted by molar-refractivity contribution is 7.95. The molecule has 1 rings (SSSR count). The number of rotatable bonds is 3. The molecule has 1 aliphatic rings. The van der Waals surface area contributed by atoms with Crippen molar-refractivity contribution in [1.29, 1.82) is 0 Å². The highest BCUT2D eigenvalue weighted by Gasteiger charge is 2.52. The molecule has 0 aromatic heterocycles. The summed E-state index contributed by atoms with van der Waals surface area (Å²) < 4.78 is 78.7. The van der Waals surface area contributed by atoms with Gasteiger partial charge >= 0.3 is 12.4 Å². The number of halogens is 6. The van der Waals surface area contributed by atoms with Crippen LogP contribution in [0.3, 0.4) is 0 Å². The molecule has 0 radical (unpaired) electrons. The summed E-state index contributed by atoms with van der Waals surface area (Å²) in [7, 11) is 0. The van der Waals surface area contributed by atoms with Crippen molar-refractivity contribution in [2.75, 3.05) is 0 Å². The molecule has 0 aromatic rings. The molecular weight excluding hydrogens is 290 g/mol. The maximum atomic E-state index is 12.5. The summed E-state index contributed by atoms with van der Waals surface area (Å²) in [5.41, 5.74) is 0. The van der Waals surface area contributed by atoms with Crippen molar-refractivity contribution in [3.8, 4) is 0 Å². The van der Waals surface area contributed by atoms with Crippen LogP contribution in [0.15, 0.2) is 0 Å².